The van der Waals surface area contributed by atoms with Gasteiger partial charge in [0.1, 0.15) is 22.7 Å². The fourth-order valence-electron chi connectivity index (χ4n) is 3.06. The second kappa shape index (κ2) is 10.1. The number of rotatable bonds is 4. The van der Waals surface area contributed by atoms with Gasteiger partial charge in [0, 0.05) is 24.7 Å². The number of hydrogen-bond acceptors (Lipinski definition) is 8. The van der Waals surface area contributed by atoms with E-state index in [4.69, 9.17) is 9.47 Å². The molecular formula is C23H29FN4O5S. The van der Waals surface area contributed by atoms with Crippen molar-refractivity contribution in [3.05, 3.63) is 34.5 Å². The summed E-state index contributed by atoms with van der Waals surface area (Å²) >= 11 is 1.19. The molecule has 11 heteroatoms. The first-order valence-electron chi connectivity index (χ1n) is 10.9. The number of amides is 2. The lowest BCUT2D eigenvalue weighted by Crippen LogP contribution is -2.52. The number of aliphatic imine (C=N–C) groups is 1. The van der Waals surface area contributed by atoms with Crippen LogP contribution in [-0.2, 0) is 14.3 Å². The Morgan fingerprint density at radius 2 is 1.97 bits per heavy atom. The van der Waals surface area contributed by atoms with Crippen LogP contribution in [0.15, 0.2) is 28.1 Å². The molecule has 0 atom stereocenters. The summed E-state index contributed by atoms with van der Waals surface area (Å²) in [6.45, 7) is 9.52. The molecule has 1 fully saturated rings. The maximum Gasteiger partial charge on any atom is 0.408 e. The molecule has 0 unspecified atom stereocenters. The predicted octanol–water partition coefficient (Wildman–Crippen LogP) is 3.61. The molecule has 0 aromatic heterocycles. The van der Waals surface area contributed by atoms with Gasteiger partial charge in [-0.05, 0) is 77.4 Å². The van der Waals surface area contributed by atoms with E-state index in [0.29, 0.717) is 15.6 Å². The number of halogens is 1. The van der Waals surface area contributed by atoms with Crippen LogP contribution in [0.3, 0.4) is 0 Å². The normalized spacial score (nSPS) is 18.1. The fourth-order valence-corrected chi connectivity index (χ4v) is 3.97. The van der Waals surface area contributed by atoms with Crippen LogP contribution in [0.25, 0.3) is 6.08 Å². The first-order valence-corrected chi connectivity index (χ1v) is 11.7. The summed E-state index contributed by atoms with van der Waals surface area (Å²) < 4.78 is 24.6. The van der Waals surface area contributed by atoms with E-state index in [1.54, 1.807) is 20.8 Å². The number of carbonyl (C=O) groups excluding carboxylic acids is 3. The van der Waals surface area contributed by atoms with Gasteiger partial charge < -0.3 is 14.8 Å². The number of hydrogen-bond donors (Lipinski definition) is 2. The van der Waals surface area contributed by atoms with E-state index < -0.39 is 34.9 Å². The molecule has 0 spiro atoms. The Balaban J connectivity index is 1.76. The van der Waals surface area contributed by atoms with E-state index >= 15 is 0 Å². The van der Waals surface area contributed by atoms with Crippen molar-refractivity contribution in [2.24, 2.45) is 4.99 Å². The molecule has 0 radical (unpaired) electrons. The monoisotopic (exact) mass is 492 g/mol. The predicted molar refractivity (Wildman–Crippen MR) is 127 cm³/mol. The van der Waals surface area contributed by atoms with Crippen molar-refractivity contribution in [2.45, 2.75) is 58.6 Å². The summed E-state index contributed by atoms with van der Waals surface area (Å²) in [7, 11) is 0. The number of thioether (sulfide) groups is 1. The summed E-state index contributed by atoms with van der Waals surface area (Å²) in [6, 6.07) is 3.65. The van der Waals surface area contributed by atoms with Gasteiger partial charge in [0.25, 0.3) is 5.91 Å². The van der Waals surface area contributed by atoms with Crippen LogP contribution in [0.4, 0.5) is 9.18 Å². The lowest BCUT2D eigenvalue weighted by atomic mass is 10.1. The molecule has 2 aliphatic heterocycles. The SMILES string of the molecule is CC(C)(C)OC(=O)NC(C)(C)C(=O)Oc1cc(F)ccc1/C=C1/SC(N2CCCCN2)=NC1=O. The van der Waals surface area contributed by atoms with Gasteiger partial charge in [-0.1, -0.05) is 0 Å². The van der Waals surface area contributed by atoms with Crippen LogP contribution in [-0.4, -0.2) is 52.4 Å². The number of esters is 1. The zero-order valence-corrected chi connectivity index (χ0v) is 20.7. The van der Waals surface area contributed by atoms with E-state index in [2.05, 4.69) is 15.7 Å². The number of hydrazine groups is 1. The van der Waals surface area contributed by atoms with Gasteiger partial charge >= 0.3 is 12.1 Å². The molecule has 0 saturated carbocycles. The highest BCUT2D eigenvalue weighted by Crippen LogP contribution is 2.33. The third-order valence-electron chi connectivity index (χ3n) is 4.74. The van der Waals surface area contributed by atoms with E-state index in [1.165, 1.54) is 43.8 Å². The van der Waals surface area contributed by atoms with Gasteiger partial charge in [-0.3, -0.25) is 9.80 Å². The summed E-state index contributed by atoms with van der Waals surface area (Å²) in [5.41, 5.74) is 1.30. The van der Waals surface area contributed by atoms with Crippen molar-refractivity contribution < 1.29 is 28.2 Å². The molecule has 34 heavy (non-hydrogen) atoms. The summed E-state index contributed by atoms with van der Waals surface area (Å²) in [5.74, 6) is -1.97. The van der Waals surface area contributed by atoms with Gasteiger partial charge in [0.15, 0.2) is 5.17 Å². The van der Waals surface area contributed by atoms with Gasteiger partial charge in [-0.2, -0.15) is 4.99 Å². The molecule has 2 heterocycles. The molecule has 0 aliphatic carbocycles. The first-order chi connectivity index (χ1) is 15.8. The topological polar surface area (TPSA) is 109 Å². The van der Waals surface area contributed by atoms with Gasteiger partial charge in [0.2, 0.25) is 0 Å². The lowest BCUT2D eigenvalue weighted by molar-refractivity contribution is -0.140. The largest absolute Gasteiger partial charge is 0.444 e. The minimum atomic E-state index is -1.47. The Hall–Kier alpha value is -2.92. The molecule has 2 aliphatic rings. The molecule has 3 rings (SSSR count). The van der Waals surface area contributed by atoms with Gasteiger partial charge in [0.05, 0.1) is 4.91 Å². The maximum atomic E-state index is 14.0. The molecule has 1 aromatic rings. The number of benzene rings is 1. The molecule has 0 bridgehead atoms. The fraction of sp³-hybridized carbons (Fsp3) is 0.478. The summed E-state index contributed by atoms with van der Waals surface area (Å²) in [6.07, 6.45) is 2.75. The summed E-state index contributed by atoms with van der Waals surface area (Å²) in [5, 5.41) is 4.83. The van der Waals surface area contributed by atoms with Crippen molar-refractivity contribution in [2.75, 3.05) is 13.1 Å². The van der Waals surface area contributed by atoms with Crippen LogP contribution in [0.1, 0.15) is 53.0 Å². The number of nitrogens with one attached hydrogen (secondary N) is 2. The quantitative estimate of drug-likeness (QED) is 0.373. The van der Waals surface area contributed by atoms with Crippen LogP contribution in [0.2, 0.25) is 0 Å². The molecule has 1 aromatic carbocycles. The Kier molecular flexibility index (Phi) is 7.67. The first kappa shape index (κ1) is 25.7. The summed E-state index contributed by atoms with van der Waals surface area (Å²) in [4.78, 5) is 41.8. The van der Waals surface area contributed by atoms with Gasteiger partial charge in [-0.15, -0.1) is 0 Å². The second-order valence-corrected chi connectivity index (χ2v) is 10.4. The number of nitrogens with zero attached hydrogens (tertiary/aromatic N) is 2. The Bertz CT molecular complexity index is 1040. The molecule has 184 valence electrons. The van der Waals surface area contributed by atoms with Crippen LogP contribution >= 0.6 is 11.8 Å². The Morgan fingerprint density at radius 3 is 2.62 bits per heavy atom. The molecule has 2 N–H and O–H groups in total. The highest BCUT2D eigenvalue weighted by atomic mass is 32.2. The minimum absolute atomic E-state index is 0.0884. The van der Waals surface area contributed by atoms with E-state index in [9.17, 15) is 18.8 Å². The van der Waals surface area contributed by atoms with E-state index in [0.717, 1.165) is 32.0 Å². The van der Waals surface area contributed by atoms with E-state index in [-0.39, 0.29) is 5.75 Å². The molecular weight excluding hydrogens is 463 g/mol. The van der Waals surface area contributed by atoms with Crippen molar-refractivity contribution >= 4 is 41.0 Å². The van der Waals surface area contributed by atoms with Gasteiger partial charge in [-0.25, -0.2) is 19.4 Å². The highest BCUT2D eigenvalue weighted by molar-refractivity contribution is 8.18. The highest BCUT2D eigenvalue weighted by Gasteiger charge is 2.34. The van der Waals surface area contributed by atoms with Crippen LogP contribution in [0, 0.1) is 5.82 Å². The molecule has 2 amide bonds. The third-order valence-corrected chi connectivity index (χ3v) is 5.75. The number of amidine groups is 1. The second-order valence-electron chi connectivity index (χ2n) is 9.40. The Morgan fingerprint density at radius 1 is 1.24 bits per heavy atom. The minimum Gasteiger partial charge on any atom is -0.444 e. The Labute approximate surface area is 202 Å². The van der Waals surface area contributed by atoms with E-state index in [1.807, 2.05) is 5.01 Å². The number of alkyl carbamates (subject to hydrolysis) is 1. The molecule has 1 saturated heterocycles. The van der Waals surface area contributed by atoms with Crippen LogP contribution < -0.4 is 15.5 Å². The smallest absolute Gasteiger partial charge is 0.408 e. The van der Waals surface area contributed by atoms with Crippen molar-refractivity contribution in [3.63, 3.8) is 0 Å². The zero-order valence-electron chi connectivity index (χ0n) is 19.9. The molecule has 9 nitrogen and oxygen atoms in total. The lowest BCUT2D eigenvalue weighted by Gasteiger charge is -2.28. The number of carbonyl (C=O) groups is 3. The number of ether oxygens (including phenoxy) is 2. The average Bonchev–Trinajstić information content (AvgIpc) is 3.09. The zero-order chi connectivity index (χ0) is 25.1. The average molecular weight is 493 g/mol. The van der Waals surface area contributed by atoms with Crippen molar-refractivity contribution in [1.82, 2.24) is 15.8 Å². The third kappa shape index (κ3) is 6.80. The van der Waals surface area contributed by atoms with Crippen LogP contribution in [0.5, 0.6) is 5.75 Å². The maximum absolute atomic E-state index is 14.0. The standard InChI is InChI=1S/C23H29FN4O5S/c1-22(2,3)33-21(31)27-23(4,5)19(30)32-16-13-15(24)9-8-14(16)12-17-18(29)26-20(34-17)28-11-7-6-10-25-28/h8-9,12-13,25H,6-7,10-11H2,1-5H3,(H,27,31)/b17-12+. The van der Waals surface area contributed by atoms with Crippen molar-refractivity contribution in [1.29, 1.82) is 0 Å². The van der Waals surface area contributed by atoms with Crippen molar-refractivity contribution in [3.8, 4) is 5.75 Å².